The minimum absolute atomic E-state index is 0.160. The third kappa shape index (κ3) is 4.16. The molecule has 0 bridgehead atoms. The summed E-state index contributed by atoms with van der Waals surface area (Å²) in [5.41, 5.74) is 0.705. The number of para-hydroxylation sites is 1. The molecule has 10 heteroatoms. The van der Waals surface area contributed by atoms with Gasteiger partial charge in [-0.25, -0.2) is 8.42 Å². The standard InChI is InChI=1S/C20H22N4O4S2/c1-13-18(11-17(29-13)19-21-14(2)28-23-19)30(26,27)24-10-6-7-15(12-24)20(25)22-16-8-4-3-5-9-16/h3-5,8-9,11,15H,6-7,10,12H2,1-2H3,(H,22,25)/t15-/m1/s1. The number of aryl methyl sites for hydroxylation is 2. The number of benzene rings is 1. The van der Waals surface area contributed by atoms with Gasteiger partial charge in [-0.3, -0.25) is 4.79 Å². The van der Waals surface area contributed by atoms with Crippen molar-refractivity contribution in [2.75, 3.05) is 18.4 Å². The van der Waals surface area contributed by atoms with Gasteiger partial charge < -0.3 is 9.84 Å². The molecule has 0 spiro atoms. The summed E-state index contributed by atoms with van der Waals surface area (Å²) in [6.45, 7) is 4.00. The van der Waals surface area contributed by atoms with Gasteiger partial charge in [0.2, 0.25) is 27.6 Å². The van der Waals surface area contributed by atoms with Gasteiger partial charge in [0.15, 0.2) is 0 Å². The molecule has 1 saturated heterocycles. The molecule has 1 aliphatic rings. The Kier molecular flexibility index (Phi) is 5.72. The van der Waals surface area contributed by atoms with Crippen molar-refractivity contribution in [2.24, 2.45) is 5.92 Å². The highest BCUT2D eigenvalue weighted by Crippen LogP contribution is 2.35. The molecule has 0 aliphatic carbocycles. The van der Waals surface area contributed by atoms with Crippen molar-refractivity contribution < 1.29 is 17.7 Å². The lowest BCUT2D eigenvalue weighted by Crippen LogP contribution is -2.43. The number of hydrogen-bond acceptors (Lipinski definition) is 7. The van der Waals surface area contributed by atoms with Crippen LogP contribution in [0, 0.1) is 19.8 Å². The molecule has 1 amide bonds. The number of carbonyl (C=O) groups is 1. The number of nitrogens with zero attached hydrogens (tertiary/aromatic N) is 3. The van der Waals surface area contributed by atoms with Crippen molar-refractivity contribution >= 4 is 33.0 Å². The maximum atomic E-state index is 13.3. The summed E-state index contributed by atoms with van der Waals surface area (Å²) in [4.78, 5) is 18.4. The van der Waals surface area contributed by atoms with Gasteiger partial charge >= 0.3 is 0 Å². The predicted octanol–water partition coefficient (Wildman–Crippen LogP) is 3.45. The van der Waals surface area contributed by atoms with Crippen LogP contribution in [0.4, 0.5) is 5.69 Å². The first-order valence-electron chi connectivity index (χ1n) is 9.62. The summed E-state index contributed by atoms with van der Waals surface area (Å²) < 4.78 is 33.1. The molecule has 0 radical (unpaired) electrons. The molecule has 8 nitrogen and oxygen atoms in total. The Morgan fingerprint density at radius 2 is 2.03 bits per heavy atom. The Bertz CT molecular complexity index is 1150. The third-order valence-corrected chi connectivity index (χ3v) is 8.20. The number of nitrogens with one attached hydrogen (secondary N) is 1. The van der Waals surface area contributed by atoms with Crippen LogP contribution in [0.5, 0.6) is 0 Å². The summed E-state index contributed by atoms with van der Waals surface area (Å²) in [6, 6.07) is 10.8. The van der Waals surface area contributed by atoms with Crippen LogP contribution < -0.4 is 5.32 Å². The van der Waals surface area contributed by atoms with E-state index in [9.17, 15) is 13.2 Å². The van der Waals surface area contributed by atoms with Gasteiger partial charge in [-0.15, -0.1) is 11.3 Å². The van der Waals surface area contributed by atoms with E-state index >= 15 is 0 Å². The van der Waals surface area contributed by atoms with E-state index in [1.165, 1.54) is 15.6 Å². The Morgan fingerprint density at radius 3 is 2.73 bits per heavy atom. The van der Waals surface area contributed by atoms with Crippen molar-refractivity contribution in [3.05, 3.63) is 47.2 Å². The zero-order chi connectivity index (χ0) is 21.3. The number of anilines is 1. The maximum Gasteiger partial charge on any atom is 0.244 e. The minimum atomic E-state index is -3.73. The fourth-order valence-electron chi connectivity index (χ4n) is 3.51. The van der Waals surface area contributed by atoms with E-state index in [1.807, 2.05) is 30.3 Å². The number of amides is 1. The van der Waals surface area contributed by atoms with Crippen molar-refractivity contribution in [3.63, 3.8) is 0 Å². The summed E-state index contributed by atoms with van der Waals surface area (Å²) in [5, 5.41) is 6.75. The second-order valence-electron chi connectivity index (χ2n) is 7.23. The van der Waals surface area contributed by atoms with Crippen molar-refractivity contribution in [1.29, 1.82) is 0 Å². The number of rotatable bonds is 5. The molecule has 3 heterocycles. The van der Waals surface area contributed by atoms with E-state index in [2.05, 4.69) is 15.5 Å². The second-order valence-corrected chi connectivity index (χ2v) is 10.4. The molecule has 0 unspecified atom stereocenters. The summed E-state index contributed by atoms with van der Waals surface area (Å²) in [7, 11) is -3.73. The minimum Gasteiger partial charge on any atom is -0.339 e. The van der Waals surface area contributed by atoms with E-state index < -0.39 is 15.9 Å². The smallest absolute Gasteiger partial charge is 0.244 e. The highest BCUT2D eigenvalue weighted by Gasteiger charge is 2.35. The average molecular weight is 447 g/mol. The van der Waals surface area contributed by atoms with Crippen LogP contribution >= 0.6 is 11.3 Å². The van der Waals surface area contributed by atoms with Gasteiger partial charge in [0.25, 0.3) is 0 Å². The highest BCUT2D eigenvalue weighted by molar-refractivity contribution is 7.89. The molecular formula is C20H22N4O4S2. The van der Waals surface area contributed by atoms with Crippen molar-refractivity contribution in [3.8, 4) is 10.7 Å². The van der Waals surface area contributed by atoms with Crippen LogP contribution in [0.25, 0.3) is 10.7 Å². The lowest BCUT2D eigenvalue weighted by atomic mass is 9.99. The quantitative estimate of drug-likeness (QED) is 0.643. The van der Waals surface area contributed by atoms with E-state index in [0.29, 0.717) is 46.5 Å². The largest absolute Gasteiger partial charge is 0.339 e. The molecule has 3 aromatic rings. The van der Waals surface area contributed by atoms with E-state index in [4.69, 9.17) is 4.52 Å². The van der Waals surface area contributed by atoms with Crippen LogP contribution in [-0.4, -0.2) is 41.9 Å². The van der Waals surface area contributed by atoms with Gasteiger partial charge in [-0.05, 0) is 38.0 Å². The maximum absolute atomic E-state index is 13.3. The average Bonchev–Trinajstić information content (AvgIpc) is 3.35. The lowest BCUT2D eigenvalue weighted by molar-refractivity contribution is -0.120. The molecule has 1 atom stereocenters. The van der Waals surface area contributed by atoms with Crippen molar-refractivity contribution in [2.45, 2.75) is 31.6 Å². The van der Waals surface area contributed by atoms with Crippen LogP contribution in [0.15, 0.2) is 45.8 Å². The summed E-state index contributed by atoms with van der Waals surface area (Å²) in [6.07, 6.45) is 1.28. The Balaban J connectivity index is 1.53. The lowest BCUT2D eigenvalue weighted by Gasteiger charge is -2.31. The van der Waals surface area contributed by atoms with Crippen molar-refractivity contribution in [1.82, 2.24) is 14.4 Å². The van der Waals surface area contributed by atoms with Crippen LogP contribution in [0.1, 0.15) is 23.6 Å². The molecule has 4 rings (SSSR count). The zero-order valence-electron chi connectivity index (χ0n) is 16.7. The molecule has 158 valence electrons. The van der Waals surface area contributed by atoms with Crippen LogP contribution in [0.2, 0.25) is 0 Å². The molecule has 2 aromatic heterocycles. The normalized spacial score (nSPS) is 17.7. The third-order valence-electron chi connectivity index (χ3n) is 5.03. The van der Waals surface area contributed by atoms with Gasteiger partial charge in [-0.1, -0.05) is 23.4 Å². The van der Waals surface area contributed by atoms with Gasteiger partial charge in [0, 0.05) is 30.6 Å². The number of aromatic nitrogens is 2. The number of sulfonamides is 1. The molecule has 1 aliphatic heterocycles. The second kappa shape index (κ2) is 8.29. The highest BCUT2D eigenvalue weighted by atomic mass is 32.2. The number of hydrogen-bond donors (Lipinski definition) is 1. The Morgan fingerprint density at radius 1 is 1.27 bits per heavy atom. The first-order valence-corrected chi connectivity index (χ1v) is 11.9. The monoisotopic (exact) mass is 446 g/mol. The number of piperidine rings is 1. The molecule has 30 heavy (non-hydrogen) atoms. The molecule has 1 aromatic carbocycles. The van der Waals surface area contributed by atoms with Gasteiger partial charge in [0.1, 0.15) is 0 Å². The Labute approximate surface area is 179 Å². The number of thiophene rings is 1. The summed E-state index contributed by atoms with van der Waals surface area (Å²) in [5.74, 6) is 0.239. The van der Waals surface area contributed by atoms with E-state index in [0.717, 1.165) is 0 Å². The fourth-order valence-corrected chi connectivity index (χ4v) is 6.52. The molecular weight excluding hydrogens is 424 g/mol. The SMILES string of the molecule is Cc1nc(-c2cc(S(=O)(=O)N3CCC[C@@H](C(=O)Nc4ccccc4)C3)c(C)s2)no1. The molecule has 0 saturated carbocycles. The van der Waals surface area contributed by atoms with Gasteiger partial charge in [-0.2, -0.15) is 9.29 Å². The first-order chi connectivity index (χ1) is 14.3. The molecule has 1 fully saturated rings. The predicted molar refractivity (Wildman–Crippen MR) is 114 cm³/mol. The fraction of sp³-hybridized carbons (Fsp3) is 0.350. The van der Waals surface area contributed by atoms with E-state index in [-0.39, 0.29) is 17.3 Å². The summed E-state index contributed by atoms with van der Waals surface area (Å²) >= 11 is 1.31. The molecule has 1 N–H and O–H groups in total. The van der Waals surface area contributed by atoms with Gasteiger partial charge in [0.05, 0.1) is 15.7 Å². The number of carbonyl (C=O) groups excluding carboxylic acids is 1. The zero-order valence-corrected chi connectivity index (χ0v) is 18.3. The first kappa shape index (κ1) is 20.7. The van der Waals surface area contributed by atoms with Crippen LogP contribution in [-0.2, 0) is 14.8 Å². The van der Waals surface area contributed by atoms with E-state index in [1.54, 1.807) is 19.9 Å². The van der Waals surface area contributed by atoms with Crippen LogP contribution in [0.3, 0.4) is 0 Å². The topological polar surface area (TPSA) is 105 Å². The Hall–Kier alpha value is -2.56.